The first-order valence-corrected chi connectivity index (χ1v) is 9.69. The minimum Gasteiger partial charge on any atom is -0.454 e. The maximum Gasteiger partial charge on any atom is 0.231 e. The molecule has 0 bridgehead atoms. The lowest BCUT2D eigenvalue weighted by Gasteiger charge is -2.42. The van der Waals surface area contributed by atoms with Gasteiger partial charge in [0.15, 0.2) is 11.5 Å². The lowest BCUT2D eigenvalue weighted by molar-refractivity contribution is 0.0872. The quantitative estimate of drug-likeness (QED) is 0.753. The van der Waals surface area contributed by atoms with Gasteiger partial charge >= 0.3 is 0 Å². The first-order valence-electron chi connectivity index (χ1n) is 9.69. The van der Waals surface area contributed by atoms with Crippen LogP contribution in [0, 0.1) is 0 Å². The van der Waals surface area contributed by atoms with Crippen molar-refractivity contribution in [3.05, 3.63) is 95.1 Å². The van der Waals surface area contributed by atoms with Crippen LogP contribution in [0.3, 0.4) is 0 Å². The summed E-state index contributed by atoms with van der Waals surface area (Å²) in [6, 6.07) is 25.2. The van der Waals surface area contributed by atoms with Gasteiger partial charge in [-0.2, -0.15) is 0 Å². The maximum absolute atomic E-state index is 10.4. The molecule has 4 nitrogen and oxygen atoms in total. The molecule has 2 heterocycles. The van der Waals surface area contributed by atoms with Crippen molar-refractivity contribution in [1.29, 1.82) is 0 Å². The van der Waals surface area contributed by atoms with Crippen LogP contribution in [0.1, 0.15) is 28.2 Å². The molecule has 2 aliphatic rings. The number of aliphatic hydroxyl groups is 1. The average Bonchev–Trinajstić information content (AvgIpc) is 3.21. The fraction of sp³-hybridized carbons (Fsp3) is 0.250. The zero-order valence-electron chi connectivity index (χ0n) is 15.6. The number of hydrogen-bond acceptors (Lipinski definition) is 4. The zero-order valence-corrected chi connectivity index (χ0v) is 15.6. The van der Waals surface area contributed by atoms with Crippen molar-refractivity contribution in [2.75, 3.05) is 13.4 Å². The van der Waals surface area contributed by atoms with Crippen LogP contribution in [0.15, 0.2) is 72.8 Å². The number of nitrogens with zero attached hydrogens (tertiary/aromatic N) is 1. The van der Waals surface area contributed by atoms with Crippen molar-refractivity contribution in [2.45, 2.75) is 25.0 Å². The minimum absolute atomic E-state index is 0.00419. The molecule has 5 rings (SSSR count). The van der Waals surface area contributed by atoms with Crippen LogP contribution in [-0.4, -0.2) is 29.4 Å². The average molecular weight is 373 g/mol. The molecule has 0 saturated heterocycles. The molecule has 0 unspecified atom stereocenters. The van der Waals surface area contributed by atoms with Crippen LogP contribution in [-0.2, 0) is 13.1 Å². The number of fused-ring (bicyclic) bond motifs is 2. The Hall–Kier alpha value is -2.82. The van der Waals surface area contributed by atoms with Gasteiger partial charge in [0.1, 0.15) is 0 Å². The first kappa shape index (κ1) is 17.3. The van der Waals surface area contributed by atoms with E-state index in [-0.39, 0.29) is 25.4 Å². The molecule has 28 heavy (non-hydrogen) atoms. The summed E-state index contributed by atoms with van der Waals surface area (Å²) in [5.41, 5.74) is 4.99. The largest absolute Gasteiger partial charge is 0.454 e. The molecule has 0 amide bonds. The zero-order chi connectivity index (χ0) is 18.9. The summed E-state index contributed by atoms with van der Waals surface area (Å²) in [6.45, 7) is 2.00. The Balaban J connectivity index is 1.57. The number of benzene rings is 3. The van der Waals surface area contributed by atoms with Crippen molar-refractivity contribution in [3.63, 3.8) is 0 Å². The topological polar surface area (TPSA) is 41.9 Å². The third-order valence-corrected chi connectivity index (χ3v) is 5.79. The van der Waals surface area contributed by atoms with E-state index in [1.807, 2.05) is 12.1 Å². The van der Waals surface area contributed by atoms with Gasteiger partial charge in [-0.3, -0.25) is 4.90 Å². The fourth-order valence-electron chi connectivity index (χ4n) is 4.46. The highest BCUT2D eigenvalue weighted by atomic mass is 16.7. The first-order chi connectivity index (χ1) is 13.8. The molecule has 4 heteroatoms. The van der Waals surface area contributed by atoms with Gasteiger partial charge in [0.2, 0.25) is 6.79 Å². The molecule has 0 radical (unpaired) electrons. The van der Waals surface area contributed by atoms with Gasteiger partial charge in [-0.25, -0.2) is 0 Å². The second kappa shape index (κ2) is 7.30. The monoisotopic (exact) mass is 373 g/mol. The molecule has 142 valence electrons. The van der Waals surface area contributed by atoms with Gasteiger partial charge in [-0.1, -0.05) is 60.7 Å². The minimum atomic E-state index is -0.00419. The summed E-state index contributed by atoms with van der Waals surface area (Å²) < 4.78 is 11.1. The van der Waals surface area contributed by atoms with Gasteiger partial charge in [-0.15, -0.1) is 0 Å². The fourth-order valence-corrected chi connectivity index (χ4v) is 4.46. The van der Waals surface area contributed by atoms with Crippen molar-refractivity contribution >= 4 is 0 Å². The summed E-state index contributed by atoms with van der Waals surface area (Å²) >= 11 is 0. The van der Waals surface area contributed by atoms with Gasteiger partial charge in [0, 0.05) is 25.0 Å². The number of ether oxygens (including phenoxy) is 2. The third-order valence-electron chi connectivity index (χ3n) is 5.79. The predicted octanol–water partition coefficient (Wildman–Crippen LogP) is 3.92. The van der Waals surface area contributed by atoms with Crippen LogP contribution in [0.2, 0.25) is 0 Å². The van der Waals surface area contributed by atoms with Gasteiger partial charge < -0.3 is 14.6 Å². The van der Waals surface area contributed by atoms with E-state index in [0.29, 0.717) is 0 Å². The van der Waals surface area contributed by atoms with E-state index in [9.17, 15) is 5.11 Å². The Kier molecular flexibility index (Phi) is 4.51. The lowest BCUT2D eigenvalue weighted by Crippen LogP contribution is -2.45. The number of aliphatic hydroxyl groups excluding tert-OH is 1. The van der Waals surface area contributed by atoms with Crippen LogP contribution < -0.4 is 9.47 Å². The molecule has 3 aromatic carbocycles. The molecule has 0 aromatic heterocycles. The normalized spacial score (nSPS) is 20.8. The van der Waals surface area contributed by atoms with Crippen molar-refractivity contribution in [3.8, 4) is 11.5 Å². The maximum atomic E-state index is 10.4. The molecule has 0 aliphatic carbocycles. The summed E-state index contributed by atoms with van der Waals surface area (Å²) in [5.74, 6) is 1.65. The second-order valence-corrected chi connectivity index (χ2v) is 7.43. The Bertz CT molecular complexity index is 973. The Labute approximate surface area is 165 Å². The lowest BCUT2D eigenvalue weighted by atomic mass is 9.79. The van der Waals surface area contributed by atoms with E-state index in [4.69, 9.17) is 9.47 Å². The third kappa shape index (κ3) is 3.05. The molecule has 3 aromatic rings. The molecule has 0 saturated carbocycles. The number of rotatable bonds is 4. The standard InChI is InChI=1S/C24H23NO3/c26-15-21-24(18-10-11-22-23(12-18)28-16-27-22)20-9-5-4-8-19(20)14-25(21)13-17-6-2-1-3-7-17/h1-12,21,24,26H,13-16H2/t21-,24+/m0/s1. The highest BCUT2D eigenvalue weighted by Crippen LogP contribution is 2.42. The number of hydrogen-bond donors (Lipinski definition) is 1. The molecule has 1 N–H and O–H groups in total. The summed E-state index contributed by atoms with van der Waals surface area (Å²) in [4.78, 5) is 2.38. The van der Waals surface area contributed by atoms with Crippen LogP contribution in [0.25, 0.3) is 0 Å². The summed E-state index contributed by atoms with van der Waals surface area (Å²) in [5, 5.41) is 10.4. The van der Waals surface area contributed by atoms with E-state index in [2.05, 4.69) is 65.6 Å². The summed E-state index contributed by atoms with van der Waals surface area (Å²) in [6.07, 6.45) is 0. The van der Waals surface area contributed by atoms with Gasteiger partial charge in [0.25, 0.3) is 0 Å². The molecule has 0 spiro atoms. The molecule has 0 fully saturated rings. The molecular formula is C24H23NO3. The van der Waals surface area contributed by atoms with Crippen LogP contribution in [0.4, 0.5) is 0 Å². The molecule has 2 atom stereocenters. The predicted molar refractivity (Wildman–Crippen MR) is 107 cm³/mol. The van der Waals surface area contributed by atoms with Gasteiger partial charge in [-0.05, 0) is 34.4 Å². The second-order valence-electron chi connectivity index (χ2n) is 7.43. The van der Waals surface area contributed by atoms with E-state index < -0.39 is 0 Å². The summed E-state index contributed by atoms with van der Waals surface area (Å²) in [7, 11) is 0. The highest BCUT2D eigenvalue weighted by molar-refractivity contribution is 5.50. The molecule has 2 aliphatic heterocycles. The van der Waals surface area contributed by atoms with Gasteiger partial charge in [0.05, 0.1) is 6.61 Å². The van der Waals surface area contributed by atoms with E-state index in [1.54, 1.807) is 0 Å². The Morgan fingerprint density at radius 2 is 1.68 bits per heavy atom. The van der Waals surface area contributed by atoms with E-state index in [0.717, 1.165) is 30.2 Å². The van der Waals surface area contributed by atoms with Crippen molar-refractivity contribution in [2.24, 2.45) is 0 Å². The van der Waals surface area contributed by atoms with Crippen LogP contribution in [0.5, 0.6) is 11.5 Å². The Morgan fingerprint density at radius 3 is 2.54 bits per heavy atom. The van der Waals surface area contributed by atoms with E-state index in [1.165, 1.54) is 16.7 Å². The van der Waals surface area contributed by atoms with Crippen molar-refractivity contribution < 1.29 is 14.6 Å². The van der Waals surface area contributed by atoms with Crippen LogP contribution >= 0.6 is 0 Å². The van der Waals surface area contributed by atoms with Crippen molar-refractivity contribution in [1.82, 2.24) is 4.90 Å². The SMILES string of the molecule is OC[C@H]1[C@H](c2ccc3c(c2)OCO3)c2ccccc2CN1Cc1ccccc1. The molecular weight excluding hydrogens is 350 g/mol. The smallest absolute Gasteiger partial charge is 0.231 e. The Morgan fingerprint density at radius 1 is 0.893 bits per heavy atom. The van der Waals surface area contributed by atoms with E-state index >= 15 is 0 Å². The highest BCUT2D eigenvalue weighted by Gasteiger charge is 2.36.